The fourth-order valence-corrected chi connectivity index (χ4v) is 1.68. The number of anilines is 1. The van der Waals surface area contributed by atoms with E-state index >= 15 is 0 Å². The molecule has 0 fully saturated rings. The van der Waals surface area contributed by atoms with Gasteiger partial charge in [-0.2, -0.15) is 0 Å². The molecule has 20 heavy (non-hydrogen) atoms. The molecular formula is C13H16N2O5. The van der Waals surface area contributed by atoms with Gasteiger partial charge in [0.1, 0.15) is 0 Å². The van der Waals surface area contributed by atoms with Gasteiger partial charge in [-0.25, -0.2) is 4.79 Å². The number of carboxylic acid groups (broad SMARTS) is 1. The number of nitrogens with zero attached hydrogens (tertiary/aromatic N) is 1. The number of hydrogen-bond acceptors (Lipinski definition) is 4. The maximum atomic E-state index is 12.0. The van der Waals surface area contributed by atoms with Gasteiger partial charge in [-0.05, 0) is 12.1 Å². The van der Waals surface area contributed by atoms with Crippen molar-refractivity contribution < 1.29 is 24.6 Å². The lowest BCUT2D eigenvalue weighted by Crippen LogP contribution is -2.32. The van der Waals surface area contributed by atoms with Gasteiger partial charge in [0.15, 0.2) is 0 Å². The molecule has 0 aliphatic carbocycles. The summed E-state index contributed by atoms with van der Waals surface area (Å²) in [6, 6.07) is 4.17. The normalized spacial score (nSPS) is 9.95. The molecule has 0 bridgehead atoms. The first-order valence-corrected chi connectivity index (χ1v) is 5.89. The second-order valence-electron chi connectivity index (χ2n) is 4.06. The van der Waals surface area contributed by atoms with Gasteiger partial charge in [0, 0.05) is 20.5 Å². The number of para-hydroxylation sites is 1. The van der Waals surface area contributed by atoms with Crippen molar-refractivity contribution in [2.75, 3.05) is 25.1 Å². The second-order valence-corrected chi connectivity index (χ2v) is 4.06. The molecule has 3 N–H and O–H groups in total. The highest BCUT2D eigenvalue weighted by Gasteiger charge is 2.23. The molecule has 0 spiro atoms. The molecule has 0 heterocycles. The molecule has 2 amide bonds. The zero-order valence-electron chi connectivity index (χ0n) is 11.2. The standard InChI is InChI=1S/C13H16N2O5/c1-8(17)15(2)11-9(12(18)14-6-7-16)4-3-5-10(11)13(19)20/h3-5,16H,6-7H2,1-2H3,(H,14,18)(H,19,20). The molecular weight excluding hydrogens is 264 g/mol. The SMILES string of the molecule is CC(=O)N(C)c1c(C(=O)O)cccc1C(=O)NCCO. The van der Waals surface area contributed by atoms with Crippen molar-refractivity contribution in [3.8, 4) is 0 Å². The lowest BCUT2D eigenvalue weighted by molar-refractivity contribution is -0.116. The number of carbonyl (C=O) groups excluding carboxylic acids is 2. The summed E-state index contributed by atoms with van der Waals surface area (Å²) in [4.78, 5) is 35.8. The van der Waals surface area contributed by atoms with Crippen molar-refractivity contribution in [3.05, 3.63) is 29.3 Å². The van der Waals surface area contributed by atoms with Crippen LogP contribution < -0.4 is 10.2 Å². The van der Waals surface area contributed by atoms with Crippen LogP contribution in [0.1, 0.15) is 27.6 Å². The van der Waals surface area contributed by atoms with Crippen LogP contribution in [0.3, 0.4) is 0 Å². The number of benzene rings is 1. The molecule has 0 saturated carbocycles. The van der Waals surface area contributed by atoms with Gasteiger partial charge in [-0.3, -0.25) is 9.59 Å². The van der Waals surface area contributed by atoms with Crippen molar-refractivity contribution in [1.82, 2.24) is 5.32 Å². The van der Waals surface area contributed by atoms with Gasteiger partial charge >= 0.3 is 5.97 Å². The summed E-state index contributed by atoms with van der Waals surface area (Å²) in [7, 11) is 1.40. The van der Waals surface area contributed by atoms with E-state index in [9.17, 15) is 14.4 Å². The van der Waals surface area contributed by atoms with Gasteiger partial charge in [0.05, 0.1) is 23.4 Å². The quantitative estimate of drug-likeness (QED) is 0.708. The van der Waals surface area contributed by atoms with Crippen LogP contribution in [0.4, 0.5) is 5.69 Å². The molecule has 7 nitrogen and oxygen atoms in total. The van der Waals surface area contributed by atoms with Crippen LogP contribution in [0.15, 0.2) is 18.2 Å². The predicted octanol–water partition coefficient (Wildman–Crippen LogP) is 0.0896. The van der Waals surface area contributed by atoms with Crippen LogP contribution in [0.25, 0.3) is 0 Å². The number of nitrogens with one attached hydrogen (secondary N) is 1. The Balaban J connectivity index is 3.36. The predicted molar refractivity (Wildman–Crippen MR) is 71.9 cm³/mol. The molecule has 7 heteroatoms. The molecule has 1 aromatic carbocycles. The zero-order chi connectivity index (χ0) is 15.3. The third kappa shape index (κ3) is 3.33. The van der Waals surface area contributed by atoms with E-state index in [-0.39, 0.29) is 30.0 Å². The average Bonchev–Trinajstić information content (AvgIpc) is 2.42. The number of aliphatic hydroxyl groups is 1. The molecule has 0 radical (unpaired) electrons. The maximum Gasteiger partial charge on any atom is 0.337 e. The Morgan fingerprint density at radius 1 is 1.25 bits per heavy atom. The van der Waals surface area contributed by atoms with Crippen molar-refractivity contribution in [1.29, 1.82) is 0 Å². The highest BCUT2D eigenvalue weighted by molar-refractivity contribution is 6.10. The zero-order valence-corrected chi connectivity index (χ0v) is 11.2. The minimum atomic E-state index is -1.23. The van der Waals surface area contributed by atoms with E-state index in [1.165, 1.54) is 32.2 Å². The molecule has 1 rings (SSSR count). The molecule has 0 unspecified atom stereocenters. The van der Waals surface area contributed by atoms with Crippen LogP contribution in [-0.4, -0.2) is 48.2 Å². The number of carboxylic acids is 1. The first-order valence-electron chi connectivity index (χ1n) is 5.89. The lowest BCUT2D eigenvalue weighted by atomic mass is 10.0. The summed E-state index contributed by atoms with van der Waals surface area (Å²) in [6.07, 6.45) is 0. The summed E-state index contributed by atoms with van der Waals surface area (Å²) in [5.74, 6) is -2.18. The first kappa shape index (κ1) is 15.6. The fourth-order valence-electron chi connectivity index (χ4n) is 1.68. The van der Waals surface area contributed by atoms with Crippen LogP contribution in [0, 0.1) is 0 Å². The number of aliphatic hydroxyl groups excluding tert-OH is 1. The number of carbonyl (C=O) groups is 3. The molecule has 0 atom stereocenters. The van der Waals surface area contributed by atoms with E-state index in [4.69, 9.17) is 10.2 Å². The minimum Gasteiger partial charge on any atom is -0.478 e. The fraction of sp³-hybridized carbons (Fsp3) is 0.308. The van der Waals surface area contributed by atoms with Crippen molar-refractivity contribution in [2.45, 2.75) is 6.92 Å². The summed E-state index contributed by atoms with van der Waals surface area (Å²) in [5, 5.41) is 20.3. The molecule has 0 aromatic heterocycles. The van der Waals surface area contributed by atoms with Crippen LogP contribution >= 0.6 is 0 Å². The maximum absolute atomic E-state index is 12.0. The summed E-state index contributed by atoms with van der Waals surface area (Å²) >= 11 is 0. The Morgan fingerprint density at radius 3 is 2.35 bits per heavy atom. The van der Waals surface area contributed by atoms with E-state index in [1.54, 1.807) is 0 Å². The third-order valence-electron chi connectivity index (χ3n) is 2.72. The van der Waals surface area contributed by atoms with E-state index in [0.29, 0.717) is 0 Å². The highest BCUT2D eigenvalue weighted by Crippen LogP contribution is 2.25. The Hall–Kier alpha value is -2.41. The second kappa shape index (κ2) is 6.67. The van der Waals surface area contributed by atoms with Crippen LogP contribution in [-0.2, 0) is 4.79 Å². The minimum absolute atomic E-state index is 0.0305. The Bertz CT molecular complexity index is 542. The summed E-state index contributed by atoms with van der Waals surface area (Å²) < 4.78 is 0. The van der Waals surface area contributed by atoms with Crippen molar-refractivity contribution in [3.63, 3.8) is 0 Å². The number of rotatable bonds is 5. The van der Waals surface area contributed by atoms with Gasteiger partial charge in [-0.1, -0.05) is 6.07 Å². The van der Waals surface area contributed by atoms with Gasteiger partial charge in [-0.15, -0.1) is 0 Å². The average molecular weight is 280 g/mol. The largest absolute Gasteiger partial charge is 0.478 e. The van der Waals surface area contributed by atoms with Gasteiger partial charge in [0.2, 0.25) is 5.91 Å². The van der Waals surface area contributed by atoms with Crippen LogP contribution in [0.5, 0.6) is 0 Å². The van der Waals surface area contributed by atoms with E-state index in [1.807, 2.05) is 0 Å². The van der Waals surface area contributed by atoms with Crippen molar-refractivity contribution >= 4 is 23.5 Å². The van der Waals surface area contributed by atoms with E-state index in [2.05, 4.69) is 5.32 Å². The Morgan fingerprint density at radius 2 is 1.85 bits per heavy atom. The first-order chi connectivity index (χ1) is 9.40. The van der Waals surface area contributed by atoms with Gasteiger partial charge < -0.3 is 20.4 Å². The molecule has 0 aliphatic rings. The smallest absolute Gasteiger partial charge is 0.337 e. The third-order valence-corrected chi connectivity index (χ3v) is 2.72. The Kier molecular flexibility index (Phi) is 5.22. The molecule has 0 aliphatic heterocycles. The van der Waals surface area contributed by atoms with Gasteiger partial charge in [0.25, 0.3) is 5.91 Å². The number of amides is 2. The summed E-state index contributed by atoms with van der Waals surface area (Å²) in [5.41, 5.74) is -0.0432. The van der Waals surface area contributed by atoms with Crippen LogP contribution in [0.2, 0.25) is 0 Å². The highest BCUT2D eigenvalue weighted by atomic mass is 16.4. The van der Waals surface area contributed by atoms with E-state index in [0.717, 1.165) is 4.90 Å². The number of hydrogen-bond donors (Lipinski definition) is 3. The Labute approximate surface area is 115 Å². The number of aromatic carboxylic acids is 1. The van der Waals surface area contributed by atoms with E-state index < -0.39 is 17.8 Å². The summed E-state index contributed by atoms with van der Waals surface area (Å²) in [6.45, 7) is 1.08. The topological polar surface area (TPSA) is 107 Å². The molecule has 1 aromatic rings. The van der Waals surface area contributed by atoms with Crippen molar-refractivity contribution in [2.24, 2.45) is 0 Å². The molecule has 108 valence electrons. The monoisotopic (exact) mass is 280 g/mol. The lowest BCUT2D eigenvalue weighted by Gasteiger charge is -2.21. The molecule has 0 saturated heterocycles.